The zero-order valence-electron chi connectivity index (χ0n) is 11.0. The van der Waals surface area contributed by atoms with Gasteiger partial charge in [-0.15, -0.1) is 0 Å². The van der Waals surface area contributed by atoms with E-state index in [1.807, 2.05) is 6.92 Å². The fourth-order valence-electron chi connectivity index (χ4n) is 1.57. The lowest BCUT2D eigenvalue weighted by molar-refractivity contribution is -0.120. The molecule has 0 aliphatic heterocycles. The number of anilines is 2. The predicted molar refractivity (Wildman–Crippen MR) is 70.7 cm³/mol. The topological polar surface area (TPSA) is 59.2 Å². The summed E-state index contributed by atoms with van der Waals surface area (Å²) < 4.78 is 0. The number of nitrogens with zero attached hydrogens (tertiary/aromatic N) is 2. The van der Waals surface area contributed by atoms with E-state index in [0.29, 0.717) is 24.5 Å². The quantitative estimate of drug-likeness (QED) is 0.875. The van der Waals surface area contributed by atoms with Crippen molar-refractivity contribution < 1.29 is 4.79 Å². The Hall–Kier alpha value is -1.58. The van der Waals surface area contributed by atoms with E-state index in [0.717, 1.165) is 0 Å². The van der Waals surface area contributed by atoms with Gasteiger partial charge in [0.05, 0.1) is 11.9 Å². The minimum absolute atomic E-state index is 0.0156. The molecule has 0 spiro atoms. The van der Waals surface area contributed by atoms with Crippen LogP contribution < -0.4 is 10.6 Å². The highest BCUT2D eigenvalue weighted by atomic mass is 16.2. The van der Waals surface area contributed by atoms with Crippen molar-refractivity contribution in [3.63, 3.8) is 0 Å². The smallest absolute Gasteiger partial charge is 0.228 e. The summed E-state index contributed by atoms with van der Waals surface area (Å²) in [6, 6.07) is 3.54. The van der Waals surface area contributed by atoms with Crippen LogP contribution in [-0.4, -0.2) is 17.4 Å². The van der Waals surface area contributed by atoms with Gasteiger partial charge in [-0.25, -0.2) is 4.98 Å². The molecule has 4 heteroatoms. The molecule has 0 radical (unpaired) electrons. The second kappa shape index (κ2) is 5.17. The standard InChI is InChI=1S/C13H21N3O/c1-5-16(12(17)8-13(2,3)4)11-7-6-10(14)9-15-11/h6-7,9H,5,8,14H2,1-4H3. The van der Waals surface area contributed by atoms with Crippen molar-refractivity contribution in [2.45, 2.75) is 34.1 Å². The lowest BCUT2D eigenvalue weighted by atomic mass is 9.91. The van der Waals surface area contributed by atoms with E-state index in [1.165, 1.54) is 0 Å². The third kappa shape index (κ3) is 4.06. The number of nitrogen functional groups attached to an aromatic ring is 1. The maximum absolute atomic E-state index is 12.1. The van der Waals surface area contributed by atoms with E-state index in [9.17, 15) is 4.79 Å². The number of pyridine rings is 1. The summed E-state index contributed by atoms with van der Waals surface area (Å²) in [5, 5.41) is 0. The molecule has 0 unspecified atom stereocenters. The number of carbonyl (C=O) groups excluding carboxylic acids is 1. The molecule has 0 aliphatic carbocycles. The normalized spacial score (nSPS) is 11.3. The van der Waals surface area contributed by atoms with E-state index < -0.39 is 0 Å². The summed E-state index contributed by atoms with van der Waals surface area (Å²) in [5.41, 5.74) is 6.17. The number of carbonyl (C=O) groups is 1. The SMILES string of the molecule is CCN(C(=O)CC(C)(C)C)c1ccc(N)cn1. The molecule has 17 heavy (non-hydrogen) atoms. The number of hydrogen-bond donors (Lipinski definition) is 1. The van der Waals surface area contributed by atoms with Crippen molar-refractivity contribution in [2.24, 2.45) is 5.41 Å². The monoisotopic (exact) mass is 235 g/mol. The Morgan fingerprint density at radius 3 is 2.47 bits per heavy atom. The highest BCUT2D eigenvalue weighted by Crippen LogP contribution is 2.22. The highest BCUT2D eigenvalue weighted by molar-refractivity contribution is 5.92. The van der Waals surface area contributed by atoms with Gasteiger partial charge in [0.25, 0.3) is 0 Å². The Labute approximate surface area is 103 Å². The molecule has 0 bridgehead atoms. The maximum Gasteiger partial charge on any atom is 0.228 e. The second-order valence-electron chi connectivity index (χ2n) is 5.33. The lowest BCUT2D eigenvalue weighted by Gasteiger charge is -2.24. The first-order valence-corrected chi connectivity index (χ1v) is 5.85. The van der Waals surface area contributed by atoms with Gasteiger partial charge in [-0.1, -0.05) is 20.8 Å². The van der Waals surface area contributed by atoms with E-state index in [1.54, 1.807) is 23.2 Å². The summed E-state index contributed by atoms with van der Waals surface area (Å²) in [5.74, 6) is 0.758. The van der Waals surface area contributed by atoms with Crippen molar-refractivity contribution in [3.8, 4) is 0 Å². The molecule has 94 valence electrons. The molecular weight excluding hydrogens is 214 g/mol. The van der Waals surface area contributed by atoms with Gasteiger partial charge in [0.2, 0.25) is 5.91 Å². The van der Waals surface area contributed by atoms with Gasteiger partial charge in [0.1, 0.15) is 5.82 Å². The molecule has 0 saturated heterocycles. The van der Waals surface area contributed by atoms with Crippen molar-refractivity contribution in [1.29, 1.82) is 0 Å². The first-order chi connectivity index (χ1) is 7.83. The number of amides is 1. The van der Waals surface area contributed by atoms with Crippen LogP contribution in [0.2, 0.25) is 0 Å². The van der Waals surface area contributed by atoms with Crippen LogP contribution in [0.25, 0.3) is 0 Å². The highest BCUT2D eigenvalue weighted by Gasteiger charge is 2.21. The molecule has 1 heterocycles. The van der Waals surface area contributed by atoms with Crippen molar-refractivity contribution >= 4 is 17.4 Å². The Balaban J connectivity index is 2.84. The molecule has 1 aromatic heterocycles. The van der Waals surface area contributed by atoms with Gasteiger partial charge >= 0.3 is 0 Å². The van der Waals surface area contributed by atoms with Crippen LogP contribution in [0.4, 0.5) is 11.5 Å². The zero-order chi connectivity index (χ0) is 13.1. The lowest BCUT2D eigenvalue weighted by Crippen LogP contribution is -2.34. The van der Waals surface area contributed by atoms with Gasteiger partial charge < -0.3 is 5.73 Å². The molecule has 1 amide bonds. The van der Waals surface area contributed by atoms with E-state index in [4.69, 9.17) is 5.73 Å². The van der Waals surface area contributed by atoms with Gasteiger partial charge in [-0.3, -0.25) is 9.69 Å². The van der Waals surface area contributed by atoms with E-state index in [2.05, 4.69) is 25.8 Å². The van der Waals surface area contributed by atoms with Crippen LogP contribution in [0.15, 0.2) is 18.3 Å². The van der Waals surface area contributed by atoms with Gasteiger partial charge in [0.15, 0.2) is 0 Å². The zero-order valence-corrected chi connectivity index (χ0v) is 11.0. The fourth-order valence-corrected chi connectivity index (χ4v) is 1.57. The van der Waals surface area contributed by atoms with Gasteiger partial charge in [-0.2, -0.15) is 0 Å². The molecule has 0 saturated carbocycles. The summed E-state index contributed by atoms with van der Waals surface area (Å²) in [6.45, 7) is 8.71. The first-order valence-electron chi connectivity index (χ1n) is 5.85. The van der Waals surface area contributed by atoms with E-state index >= 15 is 0 Å². The maximum atomic E-state index is 12.1. The molecular formula is C13H21N3O. The Bertz CT molecular complexity index is 379. The Morgan fingerprint density at radius 2 is 2.06 bits per heavy atom. The van der Waals surface area contributed by atoms with Crippen molar-refractivity contribution in [1.82, 2.24) is 4.98 Å². The van der Waals surface area contributed by atoms with Crippen LogP contribution in [0.3, 0.4) is 0 Å². The third-order valence-electron chi connectivity index (χ3n) is 2.35. The molecule has 1 rings (SSSR count). The average Bonchev–Trinajstić information content (AvgIpc) is 2.19. The summed E-state index contributed by atoms with van der Waals surface area (Å²) in [6.07, 6.45) is 2.08. The summed E-state index contributed by atoms with van der Waals surface area (Å²) in [4.78, 5) is 18.0. The van der Waals surface area contributed by atoms with Crippen molar-refractivity contribution in [3.05, 3.63) is 18.3 Å². The van der Waals surface area contributed by atoms with Crippen LogP contribution in [0, 0.1) is 5.41 Å². The third-order valence-corrected chi connectivity index (χ3v) is 2.35. The van der Waals surface area contributed by atoms with Gasteiger partial charge in [0, 0.05) is 13.0 Å². The summed E-state index contributed by atoms with van der Waals surface area (Å²) in [7, 11) is 0. The van der Waals surface area contributed by atoms with Crippen LogP contribution in [0.1, 0.15) is 34.1 Å². The van der Waals surface area contributed by atoms with Crippen molar-refractivity contribution in [2.75, 3.05) is 17.2 Å². The molecule has 2 N–H and O–H groups in total. The largest absolute Gasteiger partial charge is 0.397 e. The van der Waals surface area contributed by atoms with E-state index in [-0.39, 0.29) is 11.3 Å². The van der Waals surface area contributed by atoms with Crippen LogP contribution in [-0.2, 0) is 4.79 Å². The summed E-state index contributed by atoms with van der Waals surface area (Å²) >= 11 is 0. The fraction of sp³-hybridized carbons (Fsp3) is 0.538. The minimum atomic E-state index is -0.0156. The second-order valence-corrected chi connectivity index (χ2v) is 5.33. The molecule has 0 aromatic carbocycles. The number of hydrogen-bond acceptors (Lipinski definition) is 3. The average molecular weight is 235 g/mol. The molecule has 0 fully saturated rings. The number of nitrogens with two attached hydrogens (primary N) is 1. The number of rotatable bonds is 3. The Morgan fingerprint density at radius 1 is 1.41 bits per heavy atom. The minimum Gasteiger partial charge on any atom is -0.397 e. The van der Waals surface area contributed by atoms with Crippen LogP contribution >= 0.6 is 0 Å². The van der Waals surface area contributed by atoms with Gasteiger partial charge in [-0.05, 0) is 24.5 Å². The molecule has 4 nitrogen and oxygen atoms in total. The van der Waals surface area contributed by atoms with Crippen LogP contribution in [0.5, 0.6) is 0 Å². The molecule has 1 aromatic rings. The molecule has 0 atom stereocenters. The molecule has 0 aliphatic rings. The Kier molecular flexibility index (Phi) is 4.10. The number of aromatic nitrogens is 1. The predicted octanol–water partition coefficient (Wildman–Crippen LogP) is 2.45. The first kappa shape index (κ1) is 13.5.